The maximum absolute atomic E-state index is 14.8. The molecule has 0 N–H and O–H groups in total. The third-order valence-electron chi connectivity index (χ3n) is 8.36. The molecule has 3 fully saturated rings. The van der Waals surface area contributed by atoms with Crippen LogP contribution in [0.25, 0.3) is 11.3 Å². The highest BCUT2D eigenvalue weighted by Gasteiger charge is 2.41. The number of carbonyl (C=O) groups is 2. The standard InChI is InChI=1S/C29H31FN6O7/c1-2-34-24(27-42-25(37)26(38)43-27)33-28(39)36(29(34)40)12-4-11-35-17-7-8-18(35)14-19(13-17)41-16-21-20(5-3-6-22(21)30)23-15-31-9-10-32-23/h3,5-6,9-10,15,17-19,27H,2,4,7-8,11-14,16H2,1H3. The molecule has 2 bridgehead atoms. The van der Waals surface area contributed by atoms with Crippen molar-refractivity contribution in [3.8, 4) is 11.3 Å². The predicted molar refractivity (Wildman–Crippen MR) is 147 cm³/mol. The number of nitrogens with zero attached hydrogens (tertiary/aromatic N) is 6. The monoisotopic (exact) mass is 594 g/mol. The number of cyclic esters (lactones) is 2. The van der Waals surface area contributed by atoms with Gasteiger partial charge in [0.1, 0.15) is 5.82 Å². The Morgan fingerprint density at radius 1 is 1.00 bits per heavy atom. The fourth-order valence-corrected chi connectivity index (χ4v) is 6.35. The van der Waals surface area contributed by atoms with Crippen molar-refractivity contribution in [3.05, 3.63) is 75.0 Å². The van der Waals surface area contributed by atoms with Crippen molar-refractivity contribution in [2.45, 2.75) is 83.2 Å². The second-order valence-corrected chi connectivity index (χ2v) is 10.8. The first-order valence-corrected chi connectivity index (χ1v) is 14.4. The molecule has 2 aromatic heterocycles. The van der Waals surface area contributed by atoms with Gasteiger partial charge in [0.15, 0.2) is 0 Å². The number of halogens is 1. The number of aromatic nitrogens is 5. The molecule has 5 heterocycles. The van der Waals surface area contributed by atoms with Crippen molar-refractivity contribution in [2.24, 2.45) is 0 Å². The van der Waals surface area contributed by atoms with E-state index in [1.165, 1.54) is 6.07 Å². The summed E-state index contributed by atoms with van der Waals surface area (Å²) in [7, 11) is 0. The van der Waals surface area contributed by atoms with Crippen LogP contribution in [0, 0.1) is 5.82 Å². The molecule has 0 amide bonds. The quantitative estimate of drug-likeness (QED) is 0.250. The van der Waals surface area contributed by atoms with E-state index in [0.29, 0.717) is 41.9 Å². The third-order valence-corrected chi connectivity index (χ3v) is 8.36. The maximum atomic E-state index is 14.8. The number of benzene rings is 1. The summed E-state index contributed by atoms with van der Waals surface area (Å²) in [6, 6.07) is 5.48. The van der Waals surface area contributed by atoms with Crippen LogP contribution in [0.5, 0.6) is 0 Å². The van der Waals surface area contributed by atoms with E-state index in [2.05, 4.69) is 19.9 Å². The van der Waals surface area contributed by atoms with Crippen LogP contribution in [-0.4, -0.2) is 65.7 Å². The molecule has 3 aromatic rings. The van der Waals surface area contributed by atoms with Gasteiger partial charge in [0, 0.05) is 55.2 Å². The van der Waals surface area contributed by atoms with Crippen molar-refractivity contribution in [2.75, 3.05) is 6.54 Å². The molecular weight excluding hydrogens is 563 g/mol. The molecule has 14 heteroatoms. The van der Waals surface area contributed by atoms with E-state index in [-0.39, 0.29) is 37.4 Å². The van der Waals surface area contributed by atoms with Crippen LogP contribution in [0.1, 0.15) is 56.7 Å². The number of piperidine rings is 1. The molecule has 0 saturated carbocycles. The van der Waals surface area contributed by atoms with Crippen LogP contribution in [0.3, 0.4) is 0 Å². The molecule has 13 nitrogen and oxygen atoms in total. The Morgan fingerprint density at radius 3 is 2.42 bits per heavy atom. The predicted octanol–water partition coefficient (Wildman–Crippen LogP) is 1.72. The summed E-state index contributed by atoms with van der Waals surface area (Å²) in [4.78, 5) is 63.4. The van der Waals surface area contributed by atoms with Crippen molar-refractivity contribution in [1.82, 2.24) is 29.0 Å². The lowest BCUT2D eigenvalue weighted by Crippen LogP contribution is -2.47. The highest BCUT2D eigenvalue weighted by atomic mass is 19.1. The summed E-state index contributed by atoms with van der Waals surface area (Å²) < 4.78 is 32.9. The molecule has 2 atom stereocenters. The summed E-state index contributed by atoms with van der Waals surface area (Å²) in [6.45, 7) is 2.79. The van der Waals surface area contributed by atoms with E-state index in [1.54, 1.807) is 31.6 Å². The Bertz CT molecular complexity index is 1610. The van der Waals surface area contributed by atoms with Gasteiger partial charge in [0.25, 0.3) is 0 Å². The second-order valence-electron chi connectivity index (χ2n) is 10.8. The van der Waals surface area contributed by atoms with Crippen molar-refractivity contribution < 1.29 is 28.2 Å². The zero-order chi connectivity index (χ0) is 30.1. The molecule has 3 aliphatic heterocycles. The first kappa shape index (κ1) is 28.8. The fraction of sp³-hybridized carbons (Fsp3) is 0.483. The fourth-order valence-electron chi connectivity index (χ4n) is 6.35. The van der Waals surface area contributed by atoms with Crippen LogP contribution < -0.4 is 11.4 Å². The SMILES string of the molecule is CCn1c(C2OC(=O)C(=O)O2)nc(=O)n(CCCN2C3CCC2CC(OCc2c(F)cccc2-c2cnccn2)C3)c1=O. The van der Waals surface area contributed by atoms with Crippen molar-refractivity contribution in [3.63, 3.8) is 0 Å². The summed E-state index contributed by atoms with van der Waals surface area (Å²) in [5, 5.41) is 0. The van der Waals surface area contributed by atoms with Crippen molar-refractivity contribution >= 4 is 11.9 Å². The Hall–Kier alpha value is -4.30. The van der Waals surface area contributed by atoms with Crippen molar-refractivity contribution in [1.29, 1.82) is 0 Å². The van der Waals surface area contributed by atoms with Crippen LogP contribution >= 0.6 is 0 Å². The maximum Gasteiger partial charge on any atom is 0.421 e. The van der Waals surface area contributed by atoms with Crippen LogP contribution in [0.15, 0.2) is 46.4 Å². The molecule has 1 aromatic carbocycles. The minimum Gasteiger partial charge on any atom is -0.409 e. The highest BCUT2D eigenvalue weighted by Crippen LogP contribution is 2.37. The number of hydrogen-bond acceptors (Lipinski definition) is 11. The van der Waals surface area contributed by atoms with Gasteiger partial charge < -0.3 is 14.2 Å². The number of carbonyl (C=O) groups excluding carboxylic acids is 2. The molecule has 0 aliphatic carbocycles. The lowest BCUT2D eigenvalue weighted by molar-refractivity contribution is -0.150. The van der Waals surface area contributed by atoms with E-state index in [9.17, 15) is 23.6 Å². The zero-order valence-corrected chi connectivity index (χ0v) is 23.6. The average molecular weight is 595 g/mol. The van der Waals surface area contributed by atoms with E-state index in [1.807, 2.05) is 6.07 Å². The molecule has 0 spiro atoms. The van der Waals surface area contributed by atoms with Crippen LogP contribution in [0.2, 0.25) is 0 Å². The van der Waals surface area contributed by atoms with E-state index in [4.69, 9.17) is 14.2 Å². The molecule has 43 heavy (non-hydrogen) atoms. The largest absolute Gasteiger partial charge is 0.421 e. The van der Waals surface area contributed by atoms with Gasteiger partial charge in [-0.1, -0.05) is 12.1 Å². The van der Waals surface area contributed by atoms with Gasteiger partial charge in [-0.2, -0.15) is 4.98 Å². The zero-order valence-electron chi connectivity index (χ0n) is 23.6. The van der Waals surface area contributed by atoms with Crippen LogP contribution in [0.4, 0.5) is 4.39 Å². The Labute approximate surface area is 245 Å². The minimum atomic E-state index is -1.52. The van der Waals surface area contributed by atoms with E-state index >= 15 is 0 Å². The summed E-state index contributed by atoms with van der Waals surface area (Å²) >= 11 is 0. The molecule has 6 rings (SSSR count). The first-order chi connectivity index (χ1) is 20.8. The number of ether oxygens (including phenoxy) is 3. The Kier molecular flexibility index (Phi) is 8.13. The normalized spacial score (nSPS) is 22.1. The number of esters is 2. The third kappa shape index (κ3) is 5.71. The topological polar surface area (TPSA) is 148 Å². The van der Waals surface area contributed by atoms with Gasteiger partial charge in [-0.3, -0.25) is 19.4 Å². The molecular formula is C29H31FN6O7. The lowest BCUT2D eigenvalue weighted by Gasteiger charge is -2.39. The molecule has 3 aliphatic rings. The van der Waals surface area contributed by atoms with E-state index < -0.39 is 29.6 Å². The summed E-state index contributed by atoms with van der Waals surface area (Å²) in [6.07, 6.45) is 7.42. The number of fused-ring (bicyclic) bond motifs is 2. The average Bonchev–Trinajstić information content (AvgIpc) is 3.46. The second kappa shape index (κ2) is 12.1. The van der Waals surface area contributed by atoms with Gasteiger partial charge in [-0.25, -0.2) is 28.1 Å². The molecule has 3 saturated heterocycles. The molecule has 0 radical (unpaired) electrons. The smallest absolute Gasteiger partial charge is 0.409 e. The summed E-state index contributed by atoms with van der Waals surface area (Å²) in [5.41, 5.74) is 0.312. The molecule has 2 unspecified atom stereocenters. The van der Waals surface area contributed by atoms with Gasteiger partial charge in [-0.15, -0.1) is 0 Å². The Balaban J connectivity index is 1.07. The van der Waals surface area contributed by atoms with Gasteiger partial charge >= 0.3 is 29.6 Å². The minimum absolute atomic E-state index is 0.0158. The van der Waals surface area contributed by atoms with Gasteiger partial charge in [-0.05, 0) is 45.1 Å². The first-order valence-electron chi connectivity index (χ1n) is 14.4. The van der Waals surface area contributed by atoms with Crippen LogP contribution in [-0.2, 0) is 43.5 Å². The van der Waals surface area contributed by atoms with Gasteiger partial charge in [0.2, 0.25) is 5.82 Å². The number of hydrogen-bond donors (Lipinski definition) is 0. The Morgan fingerprint density at radius 2 is 1.74 bits per heavy atom. The molecule has 226 valence electrons. The highest BCUT2D eigenvalue weighted by molar-refractivity contribution is 6.30. The number of rotatable bonds is 10. The van der Waals surface area contributed by atoms with E-state index in [0.717, 1.165) is 34.8 Å². The lowest BCUT2D eigenvalue weighted by atomic mass is 9.99. The van der Waals surface area contributed by atoms with Gasteiger partial charge in [0.05, 0.1) is 24.6 Å². The summed E-state index contributed by atoms with van der Waals surface area (Å²) in [5.74, 6) is -2.95.